The number of halogens is 3. The maximum Gasteiger partial charge on any atom is 0.271 e. The second kappa shape index (κ2) is 8.66. The monoisotopic (exact) mass is 534 g/mol. The highest BCUT2D eigenvalue weighted by molar-refractivity contribution is 9.10. The van der Waals surface area contributed by atoms with E-state index in [2.05, 4.69) is 49.8 Å². The molecule has 1 aliphatic heterocycles. The van der Waals surface area contributed by atoms with Crippen molar-refractivity contribution in [3.63, 3.8) is 0 Å². The minimum Gasteiger partial charge on any atom is -0.564 e. The Morgan fingerprint density at radius 2 is 1.87 bits per heavy atom. The molecule has 0 bridgehead atoms. The molecule has 1 aliphatic rings. The predicted octanol–water partition coefficient (Wildman–Crippen LogP) is 6.59. The number of amides is 1. The molecule has 0 atom stereocenters. The average molecular weight is 536 g/mol. The maximum absolute atomic E-state index is 12.7. The van der Waals surface area contributed by atoms with Crippen molar-refractivity contribution in [2.24, 2.45) is 0 Å². The Kier molecular flexibility index (Phi) is 6.90. The molecule has 5 nitrogen and oxygen atoms in total. The van der Waals surface area contributed by atoms with E-state index in [0.717, 1.165) is 17.3 Å². The summed E-state index contributed by atoms with van der Waals surface area (Å²) in [6, 6.07) is 1.73. The van der Waals surface area contributed by atoms with Gasteiger partial charge in [-0.1, -0.05) is 44.0 Å². The molecule has 0 radical (unpaired) electrons. The Balaban J connectivity index is 1.83. The maximum atomic E-state index is 12.7. The van der Waals surface area contributed by atoms with E-state index < -0.39 is 8.32 Å². The molecule has 167 valence electrons. The third kappa shape index (κ3) is 4.28. The molecule has 2 heterocycles. The lowest BCUT2D eigenvalue weighted by atomic mass is 10.2. The first-order chi connectivity index (χ1) is 13.9. The molecular weight excluding hydrogens is 507 g/mol. The Labute approximate surface area is 197 Å². The molecule has 0 unspecified atom stereocenters. The first kappa shape index (κ1) is 23.9. The fourth-order valence-electron chi connectivity index (χ4n) is 3.27. The normalized spacial score (nSPS) is 15.1. The topological polar surface area (TPSA) is 43.7 Å². The van der Waals surface area contributed by atoms with Gasteiger partial charge in [0.2, 0.25) is 0 Å². The largest absolute Gasteiger partial charge is 0.564 e. The van der Waals surface area contributed by atoms with E-state index in [-0.39, 0.29) is 10.9 Å². The number of aromatic nitrogens is 1. The Morgan fingerprint density at radius 1 is 1.20 bits per heavy atom. The summed E-state index contributed by atoms with van der Waals surface area (Å²) in [4.78, 5) is 14.4. The SMILES string of the molecule is CN1CCn2c(c(Br)c3c(OCCCO[Si-](C)(C)C(C)(C)C)cc(Cl)c(Cl)c32)C1=O. The van der Waals surface area contributed by atoms with Gasteiger partial charge in [-0.3, -0.25) is 4.79 Å². The molecule has 0 aliphatic carbocycles. The van der Waals surface area contributed by atoms with Crippen molar-refractivity contribution in [3.05, 3.63) is 26.3 Å². The number of nitrogens with zero attached hydrogens (tertiary/aromatic N) is 2. The van der Waals surface area contributed by atoms with Crippen LogP contribution in [0.1, 0.15) is 37.7 Å². The molecule has 0 saturated carbocycles. The van der Waals surface area contributed by atoms with Crippen molar-refractivity contribution in [2.45, 2.75) is 51.9 Å². The smallest absolute Gasteiger partial charge is 0.271 e. The number of carbonyl (C=O) groups is 1. The molecule has 0 spiro atoms. The van der Waals surface area contributed by atoms with Gasteiger partial charge in [0.05, 0.1) is 32.0 Å². The summed E-state index contributed by atoms with van der Waals surface area (Å²) in [5, 5.41) is 1.81. The van der Waals surface area contributed by atoms with Gasteiger partial charge in [0.15, 0.2) is 0 Å². The zero-order chi connectivity index (χ0) is 22.4. The fraction of sp³-hybridized carbons (Fsp3) is 0.571. The molecule has 9 heteroatoms. The zero-order valence-corrected chi connectivity index (χ0v) is 22.5. The Bertz CT molecular complexity index is 985. The number of rotatable bonds is 6. The summed E-state index contributed by atoms with van der Waals surface area (Å²) in [6.07, 6.45) is 0.765. The lowest BCUT2D eigenvalue weighted by Gasteiger charge is -2.48. The summed E-state index contributed by atoms with van der Waals surface area (Å²) in [5.41, 5.74) is 1.31. The summed E-state index contributed by atoms with van der Waals surface area (Å²) < 4.78 is 15.0. The molecular formula is C21H29BrCl2N2O3Si-. The minimum absolute atomic E-state index is 0.0507. The molecule has 0 N–H and O–H groups in total. The van der Waals surface area contributed by atoms with E-state index >= 15 is 0 Å². The molecule has 1 aromatic carbocycles. The highest BCUT2D eigenvalue weighted by Crippen LogP contribution is 2.45. The second-order valence-electron chi connectivity index (χ2n) is 9.25. The van der Waals surface area contributed by atoms with Crippen molar-refractivity contribution in [2.75, 3.05) is 26.8 Å². The lowest BCUT2D eigenvalue weighted by molar-refractivity contribution is 0.0750. The second-order valence-corrected chi connectivity index (χ2v) is 15.6. The van der Waals surface area contributed by atoms with Crippen LogP contribution >= 0.6 is 39.1 Å². The molecule has 30 heavy (non-hydrogen) atoms. The summed E-state index contributed by atoms with van der Waals surface area (Å²) >= 11 is 16.6. The highest BCUT2D eigenvalue weighted by atomic mass is 79.9. The standard InChI is InChI=1S/C21H29BrCl2N2O3Si/c1-21(2,3)30(5,6)29-11-7-10-28-14-12-13(23)17(24)18-15(14)16(22)19-20(27)25(4)8-9-26(18)19/h12H,7-11H2,1-6H3/q-1. The molecule has 3 rings (SSSR count). The quantitative estimate of drug-likeness (QED) is 0.309. The lowest BCUT2D eigenvalue weighted by Crippen LogP contribution is -2.41. The Hall–Kier alpha value is -0.733. The molecule has 2 aromatic rings. The van der Waals surface area contributed by atoms with Crippen LogP contribution in [0.4, 0.5) is 0 Å². The van der Waals surface area contributed by atoms with Crippen molar-refractivity contribution in [1.82, 2.24) is 9.47 Å². The van der Waals surface area contributed by atoms with Gasteiger partial charge in [0.25, 0.3) is 5.91 Å². The van der Waals surface area contributed by atoms with Gasteiger partial charge in [-0.05, 0) is 24.2 Å². The zero-order valence-electron chi connectivity index (χ0n) is 18.4. The van der Waals surface area contributed by atoms with Crippen molar-refractivity contribution in [3.8, 4) is 5.75 Å². The molecule has 0 fully saturated rings. The fourth-order valence-corrected chi connectivity index (χ4v) is 5.56. The van der Waals surface area contributed by atoms with Crippen LogP contribution in [0.25, 0.3) is 10.9 Å². The van der Waals surface area contributed by atoms with Crippen LogP contribution in [0.3, 0.4) is 0 Å². The first-order valence-electron chi connectivity index (χ1n) is 10.1. The third-order valence-electron chi connectivity index (χ3n) is 6.15. The van der Waals surface area contributed by atoms with Gasteiger partial charge >= 0.3 is 0 Å². The van der Waals surface area contributed by atoms with Gasteiger partial charge in [-0.2, -0.15) is 0 Å². The van der Waals surface area contributed by atoms with Crippen molar-refractivity contribution < 1.29 is 14.0 Å². The Morgan fingerprint density at radius 3 is 2.50 bits per heavy atom. The molecule has 1 aromatic heterocycles. The number of benzene rings is 1. The number of fused-ring (bicyclic) bond motifs is 3. The van der Waals surface area contributed by atoms with E-state index in [1.54, 1.807) is 18.0 Å². The highest BCUT2D eigenvalue weighted by Gasteiger charge is 2.31. The van der Waals surface area contributed by atoms with E-state index in [9.17, 15) is 4.79 Å². The number of hydrogen-bond donors (Lipinski definition) is 0. The molecule has 1 amide bonds. The van der Waals surface area contributed by atoms with Gasteiger partial charge < -0.3 is 18.6 Å². The van der Waals surface area contributed by atoms with Crippen molar-refractivity contribution in [1.29, 1.82) is 0 Å². The van der Waals surface area contributed by atoms with Crippen LogP contribution < -0.4 is 4.74 Å². The third-order valence-corrected chi connectivity index (χ3v) is 12.2. The number of hydrogen-bond acceptors (Lipinski definition) is 3. The number of carbonyl (C=O) groups excluding carboxylic acids is 1. The van der Waals surface area contributed by atoms with Gasteiger partial charge in [-0.25, -0.2) is 0 Å². The van der Waals surface area contributed by atoms with Crippen LogP contribution in [0.2, 0.25) is 28.2 Å². The van der Waals surface area contributed by atoms with Crippen LogP contribution in [0.5, 0.6) is 5.75 Å². The van der Waals surface area contributed by atoms with Crippen LogP contribution in [0, 0.1) is 0 Å². The van der Waals surface area contributed by atoms with E-state index in [1.807, 2.05) is 4.57 Å². The first-order valence-corrected chi connectivity index (χ1v) is 14.5. The van der Waals surface area contributed by atoms with Crippen LogP contribution in [0.15, 0.2) is 10.5 Å². The van der Waals surface area contributed by atoms with E-state index in [0.29, 0.717) is 52.3 Å². The van der Waals surface area contributed by atoms with Crippen LogP contribution in [-0.2, 0) is 11.0 Å². The van der Waals surface area contributed by atoms with Gasteiger partial charge in [0.1, 0.15) is 11.4 Å². The van der Waals surface area contributed by atoms with E-state index in [1.165, 1.54) is 0 Å². The van der Waals surface area contributed by atoms with E-state index in [4.69, 9.17) is 32.4 Å². The number of ether oxygens (including phenoxy) is 1. The molecule has 0 saturated heterocycles. The van der Waals surface area contributed by atoms with Gasteiger partial charge in [0, 0.05) is 39.2 Å². The predicted molar refractivity (Wildman–Crippen MR) is 130 cm³/mol. The summed E-state index contributed by atoms with van der Waals surface area (Å²) in [7, 11) is 0.0244. The number of likely N-dealkylation sites (N-methyl/N-ethyl adjacent to an activating group) is 1. The average Bonchev–Trinajstić information content (AvgIpc) is 2.94. The van der Waals surface area contributed by atoms with Crippen LogP contribution in [-0.4, -0.2) is 50.5 Å². The summed E-state index contributed by atoms with van der Waals surface area (Å²) in [5.74, 6) is 0.571. The van der Waals surface area contributed by atoms with Crippen molar-refractivity contribution >= 4 is 64.3 Å². The minimum atomic E-state index is -1.77. The summed E-state index contributed by atoms with van der Waals surface area (Å²) in [6.45, 7) is 13.6. The van der Waals surface area contributed by atoms with Gasteiger partial charge in [-0.15, -0.1) is 18.1 Å².